The minimum absolute atomic E-state index is 0.00609. The SMILES string of the molecule is CC1=NN(c2c(F)c(F)c(F)c(F)c2F)C(=O)/C1=C\c1cccc(OCc2ccc(F)cc2)c1. The Morgan fingerprint density at radius 3 is 2.15 bits per heavy atom. The summed E-state index contributed by atoms with van der Waals surface area (Å²) >= 11 is 0. The number of halogens is 6. The molecule has 0 fully saturated rings. The highest BCUT2D eigenvalue weighted by Gasteiger charge is 2.37. The Bertz CT molecular complexity index is 1320. The van der Waals surface area contributed by atoms with Crippen molar-refractivity contribution in [2.75, 3.05) is 5.01 Å². The first kappa shape index (κ1) is 23.1. The van der Waals surface area contributed by atoms with E-state index in [1.165, 1.54) is 25.1 Å². The molecule has 0 spiro atoms. The van der Waals surface area contributed by atoms with Crippen LogP contribution in [0, 0.1) is 34.9 Å². The number of hydrazone groups is 1. The van der Waals surface area contributed by atoms with Crippen molar-refractivity contribution in [3.63, 3.8) is 0 Å². The molecule has 1 heterocycles. The molecule has 0 aromatic heterocycles. The first-order valence-electron chi connectivity index (χ1n) is 9.78. The molecule has 1 aliphatic rings. The summed E-state index contributed by atoms with van der Waals surface area (Å²) in [7, 11) is 0. The van der Waals surface area contributed by atoms with Gasteiger partial charge in [0.1, 0.15) is 23.9 Å². The molecule has 1 aliphatic heterocycles. The maximum absolute atomic E-state index is 14.2. The van der Waals surface area contributed by atoms with Crippen molar-refractivity contribution in [2.24, 2.45) is 5.10 Å². The lowest BCUT2D eigenvalue weighted by Crippen LogP contribution is -2.25. The van der Waals surface area contributed by atoms with Gasteiger partial charge in [0.05, 0.1) is 11.3 Å². The molecular weight excluding hydrogens is 462 g/mol. The molecule has 0 atom stereocenters. The second kappa shape index (κ2) is 9.05. The molecule has 10 heteroatoms. The summed E-state index contributed by atoms with van der Waals surface area (Å²) in [6, 6.07) is 12.2. The number of benzene rings is 3. The van der Waals surface area contributed by atoms with Gasteiger partial charge in [0, 0.05) is 0 Å². The van der Waals surface area contributed by atoms with Gasteiger partial charge in [0.2, 0.25) is 5.82 Å². The molecule has 3 aromatic carbocycles. The van der Waals surface area contributed by atoms with E-state index in [0.29, 0.717) is 11.3 Å². The van der Waals surface area contributed by atoms with Gasteiger partial charge in [-0.25, -0.2) is 26.3 Å². The van der Waals surface area contributed by atoms with E-state index in [1.807, 2.05) is 0 Å². The van der Waals surface area contributed by atoms with Crippen LogP contribution in [0.1, 0.15) is 18.1 Å². The molecule has 4 rings (SSSR count). The second-order valence-corrected chi connectivity index (χ2v) is 7.27. The number of nitrogens with zero attached hydrogens (tertiary/aromatic N) is 2. The van der Waals surface area contributed by atoms with Gasteiger partial charge in [-0.3, -0.25) is 4.79 Å². The summed E-state index contributed by atoms with van der Waals surface area (Å²) in [6.07, 6.45) is 1.35. The number of hydrogen-bond donors (Lipinski definition) is 0. The molecule has 0 N–H and O–H groups in total. The van der Waals surface area contributed by atoms with Gasteiger partial charge in [0.25, 0.3) is 5.91 Å². The molecule has 0 aliphatic carbocycles. The minimum atomic E-state index is -2.33. The van der Waals surface area contributed by atoms with E-state index in [4.69, 9.17) is 4.74 Å². The monoisotopic (exact) mass is 476 g/mol. The Hall–Kier alpha value is -4.08. The van der Waals surface area contributed by atoms with Crippen molar-refractivity contribution >= 4 is 23.4 Å². The predicted octanol–water partition coefficient (Wildman–Crippen LogP) is 5.91. The Labute approximate surface area is 189 Å². The number of rotatable bonds is 5. The number of amides is 1. The summed E-state index contributed by atoms with van der Waals surface area (Å²) in [5.41, 5.74) is -0.391. The molecule has 4 nitrogen and oxygen atoms in total. The van der Waals surface area contributed by atoms with Gasteiger partial charge < -0.3 is 4.74 Å². The van der Waals surface area contributed by atoms with Crippen molar-refractivity contribution in [2.45, 2.75) is 13.5 Å². The highest BCUT2D eigenvalue weighted by atomic mass is 19.2. The van der Waals surface area contributed by atoms with Gasteiger partial charge in [-0.15, -0.1) is 0 Å². The van der Waals surface area contributed by atoms with Crippen LogP contribution in [0.2, 0.25) is 0 Å². The van der Waals surface area contributed by atoms with Crippen LogP contribution in [-0.2, 0) is 11.4 Å². The maximum atomic E-state index is 14.2. The molecule has 0 unspecified atom stereocenters. The zero-order chi connectivity index (χ0) is 24.6. The third kappa shape index (κ3) is 4.26. The van der Waals surface area contributed by atoms with Crippen LogP contribution >= 0.6 is 0 Å². The fraction of sp³-hybridized carbons (Fsp3) is 0.0833. The predicted molar refractivity (Wildman–Crippen MR) is 112 cm³/mol. The Kier molecular flexibility index (Phi) is 6.14. The van der Waals surface area contributed by atoms with Crippen LogP contribution < -0.4 is 9.75 Å². The first-order valence-corrected chi connectivity index (χ1v) is 9.78. The molecule has 1 amide bonds. The molecule has 0 saturated carbocycles. The first-order chi connectivity index (χ1) is 16.2. The summed E-state index contributed by atoms with van der Waals surface area (Å²) in [4.78, 5) is 12.8. The standard InChI is InChI=1S/C24H14F6N2O2/c1-12-17(24(33)32(31-12)23-21(29)19(27)18(26)20(28)22(23)30)10-14-3-2-4-16(9-14)34-11-13-5-7-15(25)8-6-13/h2-10H,11H2,1H3/b17-10-. The molecule has 174 valence electrons. The van der Waals surface area contributed by atoms with Gasteiger partial charge in [0.15, 0.2) is 23.3 Å². The van der Waals surface area contributed by atoms with Gasteiger partial charge >= 0.3 is 0 Å². The lowest BCUT2D eigenvalue weighted by Gasteiger charge is -2.15. The van der Waals surface area contributed by atoms with Crippen LogP contribution in [0.15, 0.2) is 59.2 Å². The lowest BCUT2D eigenvalue weighted by molar-refractivity contribution is -0.114. The summed E-state index contributed by atoms with van der Waals surface area (Å²) < 4.78 is 87.5. The topological polar surface area (TPSA) is 41.9 Å². The Balaban J connectivity index is 1.60. The minimum Gasteiger partial charge on any atom is -0.489 e. The van der Waals surface area contributed by atoms with Crippen molar-refractivity contribution < 1.29 is 35.9 Å². The fourth-order valence-corrected chi connectivity index (χ4v) is 3.22. The van der Waals surface area contributed by atoms with Crippen molar-refractivity contribution in [3.8, 4) is 5.75 Å². The van der Waals surface area contributed by atoms with Crippen LogP contribution in [-0.4, -0.2) is 11.6 Å². The van der Waals surface area contributed by atoms with E-state index in [1.54, 1.807) is 36.4 Å². The third-order valence-electron chi connectivity index (χ3n) is 4.95. The lowest BCUT2D eigenvalue weighted by atomic mass is 10.1. The van der Waals surface area contributed by atoms with Crippen LogP contribution in [0.4, 0.5) is 32.0 Å². The largest absolute Gasteiger partial charge is 0.489 e. The summed E-state index contributed by atoms with van der Waals surface area (Å²) in [5.74, 6) is -12.1. The molecular formula is C24H14F6N2O2. The normalized spacial score (nSPS) is 14.7. The summed E-state index contributed by atoms with van der Waals surface area (Å²) in [6.45, 7) is 1.50. The number of hydrogen-bond acceptors (Lipinski definition) is 3. The van der Waals surface area contributed by atoms with E-state index in [0.717, 1.165) is 5.56 Å². The van der Waals surface area contributed by atoms with Crippen molar-refractivity contribution in [1.29, 1.82) is 0 Å². The van der Waals surface area contributed by atoms with E-state index >= 15 is 0 Å². The highest BCUT2D eigenvalue weighted by Crippen LogP contribution is 2.34. The van der Waals surface area contributed by atoms with Gasteiger partial charge in [-0.2, -0.15) is 10.1 Å². The quantitative estimate of drug-likeness (QED) is 0.199. The molecule has 0 saturated heterocycles. The number of anilines is 1. The average molecular weight is 476 g/mol. The van der Waals surface area contributed by atoms with E-state index in [-0.39, 0.29) is 28.7 Å². The fourth-order valence-electron chi connectivity index (χ4n) is 3.22. The van der Waals surface area contributed by atoms with E-state index < -0.39 is 40.7 Å². The van der Waals surface area contributed by atoms with Crippen LogP contribution in [0.5, 0.6) is 5.75 Å². The maximum Gasteiger partial charge on any atom is 0.280 e. The molecule has 3 aromatic rings. The average Bonchev–Trinajstić information content (AvgIpc) is 3.09. The number of carbonyl (C=O) groups is 1. The molecule has 0 radical (unpaired) electrons. The molecule has 0 bridgehead atoms. The number of ether oxygens (including phenoxy) is 1. The van der Waals surface area contributed by atoms with E-state index in [9.17, 15) is 31.1 Å². The summed E-state index contributed by atoms with van der Waals surface area (Å²) in [5, 5.41) is 3.84. The van der Waals surface area contributed by atoms with Crippen LogP contribution in [0.25, 0.3) is 6.08 Å². The van der Waals surface area contributed by atoms with E-state index in [2.05, 4.69) is 5.10 Å². The molecule has 34 heavy (non-hydrogen) atoms. The zero-order valence-corrected chi connectivity index (χ0v) is 17.4. The van der Waals surface area contributed by atoms with Crippen molar-refractivity contribution in [3.05, 3.63) is 100 Å². The van der Waals surface area contributed by atoms with Gasteiger partial charge in [-0.1, -0.05) is 24.3 Å². The zero-order valence-electron chi connectivity index (χ0n) is 17.4. The van der Waals surface area contributed by atoms with Crippen molar-refractivity contribution in [1.82, 2.24) is 0 Å². The highest BCUT2D eigenvalue weighted by molar-refractivity contribution is 6.32. The second-order valence-electron chi connectivity index (χ2n) is 7.27. The Morgan fingerprint density at radius 1 is 0.882 bits per heavy atom. The smallest absolute Gasteiger partial charge is 0.280 e. The third-order valence-corrected chi connectivity index (χ3v) is 4.95. The van der Waals surface area contributed by atoms with Gasteiger partial charge in [-0.05, 0) is 48.4 Å². The Morgan fingerprint density at radius 2 is 1.50 bits per heavy atom. The van der Waals surface area contributed by atoms with Crippen LogP contribution in [0.3, 0.4) is 0 Å². The number of carbonyl (C=O) groups excluding carboxylic acids is 1.